The summed E-state index contributed by atoms with van der Waals surface area (Å²) in [5.41, 5.74) is 7.00. The minimum Gasteiger partial charge on any atom is -0.396 e. The van der Waals surface area contributed by atoms with Crippen LogP contribution in [0.1, 0.15) is 17.4 Å². The van der Waals surface area contributed by atoms with Gasteiger partial charge in [-0.1, -0.05) is 11.6 Å². The number of aromatic amines is 1. The Morgan fingerprint density at radius 3 is 3.05 bits per heavy atom. The van der Waals surface area contributed by atoms with E-state index in [2.05, 4.69) is 30.4 Å². The Hall–Kier alpha value is -2.68. The van der Waals surface area contributed by atoms with Crippen LogP contribution in [0, 0.1) is 0 Å². The first-order valence-electron chi connectivity index (χ1n) is 6.09. The van der Waals surface area contributed by atoms with Crippen molar-refractivity contribution in [2.45, 2.75) is 13.5 Å². The highest BCUT2D eigenvalue weighted by Crippen LogP contribution is 2.19. The van der Waals surface area contributed by atoms with Crippen molar-refractivity contribution in [1.29, 1.82) is 0 Å². The second-order valence-corrected chi connectivity index (χ2v) is 4.54. The molecule has 0 spiro atoms. The molecule has 4 N–H and O–H groups in total. The number of hydrogen-bond acceptors (Lipinski definition) is 6. The van der Waals surface area contributed by atoms with E-state index in [1.807, 2.05) is 6.92 Å². The number of aromatic nitrogens is 6. The molecule has 10 heteroatoms. The number of amides is 1. The number of hydrogen-bond donors (Lipinski definition) is 3. The van der Waals surface area contributed by atoms with Crippen molar-refractivity contribution >= 4 is 40.3 Å². The van der Waals surface area contributed by atoms with Crippen LogP contribution >= 0.6 is 11.6 Å². The van der Waals surface area contributed by atoms with Gasteiger partial charge in [-0.15, -0.1) is 0 Å². The molecule has 108 valence electrons. The summed E-state index contributed by atoms with van der Waals surface area (Å²) < 4.78 is 1.56. The average Bonchev–Trinajstić information content (AvgIpc) is 3.05. The number of carbonyl (C=O) groups is 1. The summed E-state index contributed by atoms with van der Waals surface area (Å²) in [4.78, 5) is 26.9. The van der Waals surface area contributed by atoms with Gasteiger partial charge in [0.15, 0.2) is 16.5 Å². The third-order valence-corrected chi connectivity index (χ3v) is 3.07. The average molecular weight is 307 g/mol. The lowest BCUT2D eigenvalue weighted by Gasteiger charge is -2.02. The van der Waals surface area contributed by atoms with Gasteiger partial charge in [-0.2, -0.15) is 15.1 Å². The highest BCUT2D eigenvalue weighted by atomic mass is 35.5. The maximum Gasteiger partial charge on any atom is 0.280 e. The van der Waals surface area contributed by atoms with Gasteiger partial charge in [-0.25, -0.2) is 4.98 Å². The zero-order chi connectivity index (χ0) is 15.0. The van der Waals surface area contributed by atoms with E-state index in [4.69, 9.17) is 17.3 Å². The molecule has 0 bridgehead atoms. The lowest BCUT2D eigenvalue weighted by Crippen LogP contribution is -2.16. The maximum atomic E-state index is 12.1. The minimum absolute atomic E-state index is 0.0371. The predicted octanol–water partition coefficient (Wildman–Crippen LogP) is 1.06. The molecule has 0 saturated heterocycles. The smallest absolute Gasteiger partial charge is 0.280 e. The Morgan fingerprint density at radius 2 is 2.33 bits per heavy atom. The van der Waals surface area contributed by atoms with Gasteiger partial charge in [0.25, 0.3) is 5.91 Å². The van der Waals surface area contributed by atoms with Crippen molar-refractivity contribution < 1.29 is 4.79 Å². The van der Waals surface area contributed by atoms with E-state index in [0.29, 0.717) is 17.7 Å². The second-order valence-electron chi connectivity index (χ2n) is 4.18. The Balaban J connectivity index is 1.90. The molecular weight excluding hydrogens is 296 g/mol. The quantitative estimate of drug-likeness (QED) is 0.621. The van der Waals surface area contributed by atoms with E-state index < -0.39 is 5.91 Å². The number of H-pyrrole nitrogens is 1. The van der Waals surface area contributed by atoms with Crippen LogP contribution in [0.5, 0.6) is 0 Å². The monoisotopic (exact) mass is 306 g/mol. The number of nitrogens with two attached hydrogens (primary N) is 1. The zero-order valence-corrected chi connectivity index (χ0v) is 11.7. The van der Waals surface area contributed by atoms with Gasteiger partial charge in [0.05, 0.1) is 12.0 Å². The van der Waals surface area contributed by atoms with Crippen molar-refractivity contribution in [3.8, 4) is 0 Å². The molecule has 0 unspecified atom stereocenters. The normalized spacial score (nSPS) is 11.0. The fourth-order valence-electron chi connectivity index (χ4n) is 1.79. The summed E-state index contributed by atoms with van der Waals surface area (Å²) >= 11 is 5.97. The summed E-state index contributed by atoms with van der Waals surface area (Å²) in [6.07, 6.45) is 3.03. The molecule has 3 heterocycles. The first-order chi connectivity index (χ1) is 10.1. The number of nitrogens with one attached hydrogen (secondary N) is 2. The van der Waals surface area contributed by atoms with Crippen LogP contribution in [0.2, 0.25) is 5.15 Å². The van der Waals surface area contributed by atoms with Crippen LogP contribution in [-0.2, 0) is 6.54 Å². The van der Waals surface area contributed by atoms with Crippen molar-refractivity contribution in [2.24, 2.45) is 0 Å². The van der Waals surface area contributed by atoms with E-state index in [0.717, 1.165) is 0 Å². The van der Waals surface area contributed by atoms with Crippen LogP contribution in [0.4, 0.5) is 11.6 Å². The van der Waals surface area contributed by atoms with Gasteiger partial charge in [0.1, 0.15) is 5.52 Å². The van der Waals surface area contributed by atoms with Crippen molar-refractivity contribution in [3.05, 3.63) is 23.4 Å². The topological polar surface area (TPSA) is 127 Å². The third kappa shape index (κ3) is 2.38. The Bertz CT molecular complexity index is 823. The van der Waals surface area contributed by atoms with Gasteiger partial charge in [0.2, 0.25) is 5.95 Å². The number of halogens is 1. The molecule has 3 aromatic rings. The molecular formula is C11H11ClN8O. The van der Waals surface area contributed by atoms with Crippen molar-refractivity contribution in [1.82, 2.24) is 29.7 Å². The number of fused-ring (bicyclic) bond motifs is 1. The summed E-state index contributed by atoms with van der Waals surface area (Å²) in [5.74, 6) is -0.472. The van der Waals surface area contributed by atoms with E-state index in [-0.39, 0.29) is 22.5 Å². The molecule has 0 atom stereocenters. The lowest BCUT2D eigenvalue weighted by atomic mass is 10.3. The van der Waals surface area contributed by atoms with Gasteiger partial charge < -0.3 is 10.7 Å². The molecule has 0 radical (unpaired) electrons. The third-order valence-electron chi connectivity index (χ3n) is 2.80. The molecule has 0 saturated carbocycles. The fraction of sp³-hybridized carbons (Fsp3) is 0.182. The highest BCUT2D eigenvalue weighted by Gasteiger charge is 2.17. The number of nitrogen functional groups attached to an aromatic ring is 1. The van der Waals surface area contributed by atoms with E-state index in [1.54, 1.807) is 10.9 Å². The zero-order valence-electron chi connectivity index (χ0n) is 11.0. The summed E-state index contributed by atoms with van der Waals surface area (Å²) in [6.45, 7) is 2.50. The molecule has 0 aliphatic rings. The maximum absolute atomic E-state index is 12.1. The van der Waals surface area contributed by atoms with Gasteiger partial charge in [-0.3, -0.25) is 14.8 Å². The SMILES string of the molecule is CCn1cc(N)c(C(=O)Nc2nc(Cl)c3[nH]cnc3n2)n1. The molecule has 9 nitrogen and oxygen atoms in total. The van der Waals surface area contributed by atoms with Crippen LogP contribution in [0.3, 0.4) is 0 Å². The number of carbonyl (C=O) groups excluding carboxylic acids is 1. The van der Waals surface area contributed by atoms with Crippen LogP contribution in [0.15, 0.2) is 12.5 Å². The molecule has 0 aliphatic heterocycles. The van der Waals surface area contributed by atoms with Crippen LogP contribution in [-0.4, -0.2) is 35.6 Å². The number of anilines is 2. The molecule has 21 heavy (non-hydrogen) atoms. The predicted molar refractivity (Wildman–Crippen MR) is 77.0 cm³/mol. The summed E-state index contributed by atoms with van der Waals surface area (Å²) in [5, 5.41) is 6.74. The number of imidazole rings is 1. The second kappa shape index (κ2) is 5.02. The first-order valence-corrected chi connectivity index (χ1v) is 6.47. The van der Waals surface area contributed by atoms with Gasteiger partial charge >= 0.3 is 0 Å². The number of rotatable bonds is 3. The standard InChI is InChI=1S/C11H11ClN8O/c1-2-20-3-5(13)6(19-20)10(21)18-11-16-8(12)7-9(17-11)15-4-14-7/h3-4H,2,13H2,1H3,(H2,14,15,16,17,18,21). The molecule has 0 aromatic carbocycles. The Kier molecular flexibility index (Phi) is 3.18. The molecule has 0 aliphatic carbocycles. The highest BCUT2D eigenvalue weighted by molar-refractivity contribution is 6.33. The molecule has 3 rings (SSSR count). The number of nitrogens with zero attached hydrogens (tertiary/aromatic N) is 5. The van der Waals surface area contributed by atoms with Gasteiger partial charge in [-0.05, 0) is 6.92 Å². The minimum atomic E-state index is -0.509. The van der Waals surface area contributed by atoms with E-state index >= 15 is 0 Å². The lowest BCUT2D eigenvalue weighted by molar-refractivity contribution is 0.102. The van der Waals surface area contributed by atoms with E-state index in [9.17, 15) is 4.79 Å². The van der Waals surface area contributed by atoms with Crippen LogP contribution < -0.4 is 11.1 Å². The van der Waals surface area contributed by atoms with Gasteiger partial charge in [0, 0.05) is 12.7 Å². The summed E-state index contributed by atoms with van der Waals surface area (Å²) in [7, 11) is 0. The summed E-state index contributed by atoms with van der Waals surface area (Å²) in [6, 6.07) is 0. The largest absolute Gasteiger partial charge is 0.396 e. The Morgan fingerprint density at radius 1 is 1.52 bits per heavy atom. The number of aryl methyl sites for hydroxylation is 1. The fourth-order valence-corrected chi connectivity index (χ4v) is 2.01. The Labute approximate surface area is 123 Å². The molecule has 0 fully saturated rings. The van der Waals surface area contributed by atoms with Crippen molar-refractivity contribution in [2.75, 3.05) is 11.1 Å². The van der Waals surface area contributed by atoms with E-state index in [1.165, 1.54) is 6.33 Å². The molecule has 3 aromatic heterocycles. The van der Waals surface area contributed by atoms with Crippen LogP contribution in [0.25, 0.3) is 11.2 Å². The first kappa shape index (κ1) is 13.3. The van der Waals surface area contributed by atoms with Crippen molar-refractivity contribution in [3.63, 3.8) is 0 Å². The molecule has 1 amide bonds.